The van der Waals surface area contributed by atoms with Crippen LogP contribution in [0.4, 0.5) is 5.69 Å². The topological polar surface area (TPSA) is 73.9 Å². The highest BCUT2D eigenvalue weighted by atomic mass is 16.5. The molecule has 0 heterocycles. The Kier molecular flexibility index (Phi) is 9.51. The van der Waals surface area contributed by atoms with E-state index >= 15 is 0 Å². The molecule has 190 valence electrons. The van der Waals surface area contributed by atoms with Crippen LogP contribution >= 0.6 is 0 Å². The third-order valence-electron chi connectivity index (χ3n) is 5.88. The van der Waals surface area contributed by atoms with Gasteiger partial charge in [-0.25, -0.2) is 4.79 Å². The zero-order chi connectivity index (χ0) is 26.1. The predicted molar refractivity (Wildman–Crippen MR) is 142 cm³/mol. The lowest BCUT2D eigenvalue weighted by atomic mass is 10.1. The molecule has 0 aliphatic heterocycles. The number of carbonyl (C=O) groups excluding carboxylic acids is 2. The molecule has 36 heavy (non-hydrogen) atoms. The number of anilines is 1. The van der Waals surface area contributed by atoms with Gasteiger partial charge in [0.2, 0.25) is 0 Å². The Hall–Kier alpha value is -3.80. The molecule has 6 nitrogen and oxygen atoms in total. The number of aryl methyl sites for hydroxylation is 2. The van der Waals surface area contributed by atoms with E-state index in [0.717, 1.165) is 35.3 Å². The third-order valence-corrected chi connectivity index (χ3v) is 5.88. The molecule has 0 bridgehead atoms. The first-order valence-electron chi connectivity index (χ1n) is 12.4. The Morgan fingerprint density at radius 3 is 2.25 bits per heavy atom. The summed E-state index contributed by atoms with van der Waals surface area (Å²) in [4.78, 5) is 25.0. The van der Waals surface area contributed by atoms with Gasteiger partial charge in [-0.2, -0.15) is 0 Å². The van der Waals surface area contributed by atoms with Crippen molar-refractivity contribution >= 4 is 17.6 Å². The molecule has 0 aromatic heterocycles. The first-order chi connectivity index (χ1) is 17.3. The fourth-order valence-electron chi connectivity index (χ4n) is 3.72. The molecule has 0 saturated heterocycles. The minimum Gasteiger partial charge on any atom is -0.493 e. The summed E-state index contributed by atoms with van der Waals surface area (Å²) in [6.45, 7) is 11.3. The highest BCUT2D eigenvalue weighted by Crippen LogP contribution is 2.27. The molecular formula is C30H35NO5. The van der Waals surface area contributed by atoms with Crippen molar-refractivity contribution in [2.75, 3.05) is 18.5 Å². The molecule has 0 aliphatic carbocycles. The molecule has 6 heteroatoms. The van der Waals surface area contributed by atoms with Crippen molar-refractivity contribution in [1.29, 1.82) is 0 Å². The summed E-state index contributed by atoms with van der Waals surface area (Å²) in [7, 11) is 0. The quantitative estimate of drug-likeness (QED) is 0.237. The summed E-state index contributed by atoms with van der Waals surface area (Å²) in [5.41, 5.74) is 5.69. The third kappa shape index (κ3) is 7.11. The van der Waals surface area contributed by atoms with Crippen molar-refractivity contribution in [2.45, 2.75) is 54.1 Å². The number of hydrogen-bond acceptors (Lipinski definition) is 5. The van der Waals surface area contributed by atoms with Crippen LogP contribution in [0, 0.1) is 20.8 Å². The normalized spacial score (nSPS) is 10.6. The summed E-state index contributed by atoms with van der Waals surface area (Å²) >= 11 is 0. The Morgan fingerprint density at radius 2 is 1.56 bits per heavy atom. The average Bonchev–Trinajstić information content (AvgIpc) is 2.86. The fraction of sp³-hybridized carbons (Fsp3) is 0.333. The summed E-state index contributed by atoms with van der Waals surface area (Å²) < 4.78 is 17.1. The highest BCUT2D eigenvalue weighted by molar-refractivity contribution is 6.04. The number of amides is 1. The number of ether oxygens (including phenoxy) is 3. The van der Waals surface area contributed by atoms with Crippen LogP contribution in [-0.2, 0) is 11.3 Å². The highest BCUT2D eigenvalue weighted by Gasteiger charge is 2.14. The summed E-state index contributed by atoms with van der Waals surface area (Å²) in [6, 6.07) is 16.1. The number of nitrogens with one attached hydrogen (secondary N) is 1. The van der Waals surface area contributed by atoms with E-state index in [1.807, 2.05) is 33.8 Å². The van der Waals surface area contributed by atoms with Gasteiger partial charge < -0.3 is 19.5 Å². The smallest absolute Gasteiger partial charge is 0.338 e. The van der Waals surface area contributed by atoms with E-state index in [1.165, 1.54) is 5.56 Å². The standard InChI is InChI=1S/C30H35NO5/c1-6-8-15-35-30(33)23-9-12-26(13-10-23)31-29(32)24-11-14-27(34-7-2)25(18-24)19-36-28-17-20(3)16-21(4)22(28)5/h9-14,16-18H,6-8,15,19H2,1-5H3,(H,31,32). The Balaban J connectivity index is 1.72. The zero-order valence-corrected chi connectivity index (χ0v) is 21.8. The first-order valence-corrected chi connectivity index (χ1v) is 12.4. The number of carbonyl (C=O) groups is 2. The largest absolute Gasteiger partial charge is 0.493 e. The van der Waals surface area contributed by atoms with Crippen molar-refractivity contribution in [3.63, 3.8) is 0 Å². The van der Waals surface area contributed by atoms with Crippen LogP contribution in [0.3, 0.4) is 0 Å². The maximum absolute atomic E-state index is 13.0. The number of benzene rings is 3. The van der Waals surface area contributed by atoms with Crippen LogP contribution in [0.15, 0.2) is 54.6 Å². The average molecular weight is 490 g/mol. The summed E-state index contributed by atoms with van der Waals surface area (Å²) in [5, 5.41) is 2.88. The van der Waals surface area contributed by atoms with Crippen molar-refractivity contribution in [1.82, 2.24) is 0 Å². The van der Waals surface area contributed by atoms with Gasteiger partial charge in [0.1, 0.15) is 18.1 Å². The van der Waals surface area contributed by atoms with Crippen LogP contribution in [0.1, 0.15) is 69.7 Å². The van der Waals surface area contributed by atoms with Crippen molar-refractivity contribution in [3.8, 4) is 11.5 Å². The molecule has 0 fully saturated rings. The molecule has 0 saturated carbocycles. The van der Waals surface area contributed by atoms with Crippen molar-refractivity contribution in [3.05, 3.63) is 88.0 Å². The second-order valence-corrected chi connectivity index (χ2v) is 8.77. The van der Waals surface area contributed by atoms with E-state index in [-0.39, 0.29) is 18.5 Å². The van der Waals surface area contributed by atoms with Gasteiger partial charge in [-0.3, -0.25) is 4.79 Å². The van der Waals surface area contributed by atoms with Crippen molar-refractivity contribution in [2.24, 2.45) is 0 Å². The van der Waals surface area contributed by atoms with Gasteiger partial charge in [0, 0.05) is 16.8 Å². The van der Waals surface area contributed by atoms with Gasteiger partial charge in [-0.05, 0) is 99.3 Å². The molecule has 3 rings (SSSR count). The SMILES string of the molecule is CCCCOC(=O)c1ccc(NC(=O)c2ccc(OCC)c(COc3cc(C)cc(C)c3C)c2)cc1. The Bertz CT molecular complexity index is 1200. The van der Waals surface area contributed by atoms with E-state index < -0.39 is 0 Å². The minimum absolute atomic E-state index is 0.264. The van der Waals surface area contributed by atoms with Gasteiger partial charge in [-0.1, -0.05) is 19.4 Å². The zero-order valence-electron chi connectivity index (χ0n) is 21.8. The minimum atomic E-state index is -0.364. The molecule has 0 unspecified atom stereocenters. The Labute approximate surface area is 213 Å². The van der Waals surface area contributed by atoms with E-state index in [9.17, 15) is 9.59 Å². The second-order valence-electron chi connectivity index (χ2n) is 8.77. The number of hydrogen-bond donors (Lipinski definition) is 1. The molecular weight excluding hydrogens is 454 g/mol. The first kappa shape index (κ1) is 26.8. The van der Waals surface area contributed by atoms with E-state index in [2.05, 4.69) is 18.3 Å². The monoisotopic (exact) mass is 489 g/mol. The molecule has 0 spiro atoms. The number of unbranched alkanes of at least 4 members (excludes halogenated alkanes) is 1. The van der Waals surface area contributed by atoms with Gasteiger partial charge in [-0.15, -0.1) is 0 Å². The van der Waals surface area contributed by atoms with Gasteiger partial charge in [0.05, 0.1) is 18.8 Å². The maximum Gasteiger partial charge on any atom is 0.338 e. The van der Waals surface area contributed by atoms with Crippen molar-refractivity contribution < 1.29 is 23.8 Å². The number of rotatable bonds is 11. The molecule has 0 radical (unpaired) electrons. The molecule has 3 aromatic rings. The van der Waals surface area contributed by atoms with Crippen LogP contribution in [0.2, 0.25) is 0 Å². The van der Waals surface area contributed by atoms with Gasteiger partial charge in [0.15, 0.2) is 0 Å². The van der Waals surface area contributed by atoms with Gasteiger partial charge >= 0.3 is 5.97 Å². The Morgan fingerprint density at radius 1 is 0.833 bits per heavy atom. The fourth-order valence-corrected chi connectivity index (χ4v) is 3.72. The lowest BCUT2D eigenvalue weighted by molar-refractivity contribution is 0.0499. The molecule has 3 aromatic carbocycles. The predicted octanol–water partition coefficient (Wildman–Crippen LogP) is 6.80. The molecule has 0 aliphatic rings. The van der Waals surface area contributed by atoms with E-state index in [1.54, 1.807) is 42.5 Å². The maximum atomic E-state index is 13.0. The number of esters is 1. The second kappa shape index (κ2) is 12.8. The lowest BCUT2D eigenvalue weighted by Crippen LogP contribution is -2.13. The van der Waals surface area contributed by atoms with Gasteiger partial charge in [0.25, 0.3) is 5.91 Å². The summed E-state index contributed by atoms with van der Waals surface area (Å²) in [5.74, 6) is 0.872. The molecule has 1 N–H and O–H groups in total. The molecule has 0 atom stereocenters. The van der Waals surface area contributed by atoms with E-state index in [0.29, 0.717) is 35.8 Å². The van der Waals surface area contributed by atoms with Crippen LogP contribution < -0.4 is 14.8 Å². The molecule has 1 amide bonds. The summed E-state index contributed by atoms with van der Waals surface area (Å²) in [6.07, 6.45) is 1.79. The van der Waals surface area contributed by atoms with Crippen LogP contribution in [0.25, 0.3) is 0 Å². The van der Waals surface area contributed by atoms with Crippen LogP contribution in [-0.4, -0.2) is 25.1 Å². The van der Waals surface area contributed by atoms with Crippen LogP contribution in [0.5, 0.6) is 11.5 Å². The van der Waals surface area contributed by atoms with E-state index in [4.69, 9.17) is 14.2 Å². The lowest BCUT2D eigenvalue weighted by Gasteiger charge is -2.16.